The highest BCUT2D eigenvalue weighted by atomic mass is 16.5. The quantitative estimate of drug-likeness (QED) is 0.764. The number of hydrogen-bond acceptors (Lipinski definition) is 4. The fourth-order valence-electron chi connectivity index (χ4n) is 3.57. The van der Waals surface area contributed by atoms with Gasteiger partial charge in [-0.25, -0.2) is 0 Å². The summed E-state index contributed by atoms with van der Waals surface area (Å²) in [6.45, 7) is 3.56. The van der Waals surface area contributed by atoms with Crippen LogP contribution >= 0.6 is 0 Å². The van der Waals surface area contributed by atoms with Crippen molar-refractivity contribution in [3.63, 3.8) is 0 Å². The Balaban J connectivity index is 1.67. The lowest BCUT2D eigenvalue weighted by Gasteiger charge is -2.32. The minimum atomic E-state index is -0.197. The highest BCUT2D eigenvalue weighted by molar-refractivity contribution is 6.04. The number of anilines is 1. The molecule has 0 saturated carbocycles. The van der Waals surface area contributed by atoms with Crippen LogP contribution in [0, 0.1) is 0 Å². The number of carbonyl (C=O) groups excluding carboxylic acids is 2. The van der Waals surface area contributed by atoms with Crippen molar-refractivity contribution in [1.29, 1.82) is 0 Å². The second kappa shape index (κ2) is 9.39. The van der Waals surface area contributed by atoms with Gasteiger partial charge >= 0.3 is 0 Å². The van der Waals surface area contributed by atoms with Crippen LogP contribution in [0.15, 0.2) is 30.5 Å². The maximum atomic E-state index is 12.6. The number of benzene rings is 1. The predicted octanol–water partition coefficient (Wildman–Crippen LogP) is 3.57. The molecule has 2 aromatic rings. The van der Waals surface area contributed by atoms with E-state index in [0.717, 1.165) is 37.9 Å². The summed E-state index contributed by atoms with van der Waals surface area (Å²) in [6.07, 6.45) is 6.10. The van der Waals surface area contributed by atoms with Crippen molar-refractivity contribution in [2.45, 2.75) is 44.9 Å². The van der Waals surface area contributed by atoms with Crippen LogP contribution in [0.25, 0.3) is 0 Å². The number of aromatic amines is 1. The van der Waals surface area contributed by atoms with E-state index in [1.807, 2.05) is 4.90 Å². The van der Waals surface area contributed by atoms with Crippen LogP contribution in [0.1, 0.15) is 61.0 Å². The van der Waals surface area contributed by atoms with Crippen LogP contribution in [0.3, 0.4) is 0 Å². The van der Waals surface area contributed by atoms with Crippen molar-refractivity contribution in [2.24, 2.45) is 0 Å². The third kappa shape index (κ3) is 4.71. The number of rotatable bonds is 7. The smallest absolute Gasteiger partial charge is 0.255 e. The number of hydrogen-bond donors (Lipinski definition) is 2. The number of ether oxygens (including phenoxy) is 1. The highest BCUT2D eigenvalue weighted by Gasteiger charge is 2.27. The first kappa shape index (κ1) is 19.9. The number of piperidine rings is 1. The maximum Gasteiger partial charge on any atom is 0.255 e. The molecule has 2 N–H and O–H groups in total. The van der Waals surface area contributed by atoms with E-state index in [4.69, 9.17) is 4.74 Å². The zero-order chi connectivity index (χ0) is 19.9. The van der Waals surface area contributed by atoms with Crippen molar-refractivity contribution in [1.82, 2.24) is 15.1 Å². The highest BCUT2D eigenvalue weighted by Crippen LogP contribution is 2.31. The van der Waals surface area contributed by atoms with Crippen LogP contribution in [-0.2, 0) is 4.79 Å². The van der Waals surface area contributed by atoms with E-state index in [2.05, 4.69) is 22.4 Å². The molecule has 0 unspecified atom stereocenters. The molecule has 150 valence electrons. The van der Waals surface area contributed by atoms with Gasteiger partial charge in [0.1, 0.15) is 5.75 Å². The molecule has 1 saturated heterocycles. The standard InChI is InChI=1S/C21H28N4O3/c1-3-4-7-19(26)25-12-5-6-16(14-25)20-18(13-22-24-20)23-21(27)15-8-10-17(28-2)11-9-15/h8-11,13,16H,3-7,12,14H2,1-2H3,(H,22,24)(H,23,27)/t16-/m0/s1. The minimum absolute atomic E-state index is 0.146. The largest absolute Gasteiger partial charge is 0.497 e. The topological polar surface area (TPSA) is 87.3 Å². The van der Waals surface area contributed by atoms with E-state index in [0.29, 0.717) is 30.0 Å². The molecule has 1 aromatic carbocycles. The van der Waals surface area contributed by atoms with E-state index in [9.17, 15) is 9.59 Å². The summed E-state index contributed by atoms with van der Waals surface area (Å²) in [5, 5.41) is 10.1. The normalized spacial score (nSPS) is 16.6. The summed E-state index contributed by atoms with van der Waals surface area (Å²) >= 11 is 0. The molecular weight excluding hydrogens is 356 g/mol. The average molecular weight is 384 g/mol. The molecular formula is C21H28N4O3. The molecule has 7 heteroatoms. The Hall–Kier alpha value is -2.83. The fourth-order valence-corrected chi connectivity index (χ4v) is 3.57. The molecule has 1 aromatic heterocycles. The van der Waals surface area contributed by atoms with Crippen LogP contribution in [0.4, 0.5) is 5.69 Å². The molecule has 1 aliphatic rings. The molecule has 2 heterocycles. The van der Waals surface area contributed by atoms with Crippen molar-refractivity contribution >= 4 is 17.5 Å². The fraction of sp³-hybridized carbons (Fsp3) is 0.476. The monoisotopic (exact) mass is 384 g/mol. The van der Waals surface area contributed by atoms with Gasteiger partial charge in [0.05, 0.1) is 24.7 Å². The number of nitrogens with one attached hydrogen (secondary N) is 2. The molecule has 1 atom stereocenters. The van der Waals surface area contributed by atoms with Gasteiger partial charge in [0.25, 0.3) is 5.91 Å². The number of aromatic nitrogens is 2. The summed E-state index contributed by atoms with van der Waals surface area (Å²) in [5.41, 5.74) is 2.11. The number of H-pyrrole nitrogens is 1. The number of methoxy groups -OCH3 is 1. The molecule has 0 aliphatic carbocycles. The van der Waals surface area contributed by atoms with Gasteiger partial charge in [-0.2, -0.15) is 5.10 Å². The Morgan fingerprint density at radius 2 is 2.11 bits per heavy atom. The van der Waals surface area contributed by atoms with Crippen molar-refractivity contribution in [3.05, 3.63) is 41.7 Å². The molecule has 3 rings (SSSR count). The predicted molar refractivity (Wildman–Crippen MR) is 108 cm³/mol. The first-order valence-corrected chi connectivity index (χ1v) is 9.88. The van der Waals surface area contributed by atoms with Crippen LogP contribution in [0.2, 0.25) is 0 Å². The molecule has 0 radical (unpaired) electrons. The molecule has 1 fully saturated rings. The van der Waals surface area contributed by atoms with E-state index >= 15 is 0 Å². The number of nitrogens with zero attached hydrogens (tertiary/aromatic N) is 2. The van der Waals surface area contributed by atoms with Crippen molar-refractivity contribution in [2.75, 3.05) is 25.5 Å². The zero-order valence-electron chi connectivity index (χ0n) is 16.5. The molecule has 0 spiro atoms. The number of likely N-dealkylation sites (tertiary alicyclic amines) is 1. The van der Waals surface area contributed by atoms with Crippen molar-refractivity contribution < 1.29 is 14.3 Å². The Bertz CT molecular complexity index is 800. The van der Waals surface area contributed by atoms with Gasteiger partial charge in [-0.15, -0.1) is 0 Å². The molecule has 28 heavy (non-hydrogen) atoms. The average Bonchev–Trinajstić information content (AvgIpc) is 3.20. The van der Waals surface area contributed by atoms with Crippen molar-refractivity contribution in [3.8, 4) is 5.75 Å². The Kier molecular flexibility index (Phi) is 6.68. The summed E-state index contributed by atoms with van der Waals surface area (Å²) in [6, 6.07) is 6.96. The van der Waals surface area contributed by atoms with E-state index < -0.39 is 0 Å². The maximum absolute atomic E-state index is 12.6. The second-order valence-corrected chi connectivity index (χ2v) is 7.16. The van der Waals surface area contributed by atoms with Crippen LogP contribution in [0.5, 0.6) is 5.75 Å². The lowest BCUT2D eigenvalue weighted by atomic mass is 9.93. The van der Waals surface area contributed by atoms with Gasteiger partial charge in [0.2, 0.25) is 5.91 Å². The summed E-state index contributed by atoms with van der Waals surface area (Å²) < 4.78 is 5.13. The van der Waals surface area contributed by atoms with Crippen LogP contribution < -0.4 is 10.1 Å². The van der Waals surface area contributed by atoms with Gasteiger partial charge in [-0.3, -0.25) is 14.7 Å². The third-order valence-electron chi connectivity index (χ3n) is 5.20. The number of carbonyl (C=O) groups is 2. The number of amides is 2. The second-order valence-electron chi connectivity index (χ2n) is 7.16. The SMILES string of the molecule is CCCCC(=O)N1CCC[C@H](c2[nH]ncc2NC(=O)c2ccc(OC)cc2)C1. The van der Waals surface area contributed by atoms with E-state index in [1.54, 1.807) is 37.6 Å². The molecule has 0 bridgehead atoms. The summed E-state index contributed by atoms with van der Waals surface area (Å²) in [4.78, 5) is 26.9. The van der Waals surface area contributed by atoms with Gasteiger partial charge in [-0.1, -0.05) is 13.3 Å². The van der Waals surface area contributed by atoms with Gasteiger partial charge < -0.3 is 15.0 Å². The van der Waals surface area contributed by atoms with Crippen LogP contribution in [-0.4, -0.2) is 47.1 Å². The van der Waals surface area contributed by atoms with E-state index in [-0.39, 0.29) is 17.7 Å². The zero-order valence-corrected chi connectivity index (χ0v) is 16.5. The third-order valence-corrected chi connectivity index (χ3v) is 5.20. The molecule has 7 nitrogen and oxygen atoms in total. The Morgan fingerprint density at radius 1 is 1.32 bits per heavy atom. The summed E-state index contributed by atoms with van der Waals surface area (Å²) in [5.74, 6) is 0.871. The molecule has 2 amide bonds. The van der Waals surface area contributed by atoms with Gasteiger partial charge in [0.15, 0.2) is 0 Å². The Labute approximate surface area is 165 Å². The first-order chi connectivity index (χ1) is 13.6. The number of unbranched alkanes of at least 4 members (excludes halogenated alkanes) is 1. The minimum Gasteiger partial charge on any atom is -0.497 e. The lowest BCUT2D eigenvalue weighted by molar-refractivity contribution is -0.132. The Morgan fingerprint density at radius 3 is 2.82 bits per heavy atom. The molecule has 1 aliphatic heterocycles. The summed E-state index contributed by atoms with van der Waals surface area (Å²) in [7, 11) is 1.59. The van der Waals surface area contributed by atoms with Gasteiger partial charge in [0, 0.05) is 31.0 Å². The van der Waals surface area contributed by atoms with Gasteiger partial charge in [-0.05, 0) is 43.5 Å². The lowest BCUT2D eigenvalue weighted by Crippen LogP contribution is -2.39. The van der Waals surface area contributed by atoms with E-state index in [1.165, 1.54) is 0 Å². The first-order valence-electron chi connectivity index (χ1n) is 9.88.